The Labute approximate surface area is 189 Å². The first-order valence-electron chi connectivity index (χ1n) is 9.27. The largest absolute Gasteiger partial charge is 0.451 e. The van der Waals surface area contributed by atoms with Gasteiger partial charge >= 0.3 is 6.18 Å². The summed E-state index contributed by atoms with van der Waals surface area (Å²) in [6.07, 6.45) is -4.72. The second kappa shape index (κ2) is 9.06. The smallest absolute Gasteiger partial charge is 0.297 e. The number of Topliss-reactive ketones (excluding diaryl/α,β-unsaturated/α-hetero) is 1. The number of alkyl halides is 3. The van der Waals surface area contributed by atoms with Gasteiger partial charge in [-0.2, -0.15) is 18.4 Å². The summed E-state index contributed by atoms with van der Waals surface area (Å²) in [5.41, 5.74) is 1.65. The summed E-state index contributed by atoms with van der Waals surface area (Å²) in [6.45, 7) is 0. The number of hydrogen-bond donors (Lipinski definition) is 0. The number of aromatic nitrogens is 3. The van der Waals surface area contributed by atoms with E-state index in [1.807, 2.05) is 36.4 Å². The van der Waals surface area contributed by atoms with Gasteiger partial charge in [0.1, 0.15) is 10.0 Å². The van der Waals surface area contributed by atoms with Crippen LogP contribution in [0.25, 0.3) is 22.2 Å². The number of ketones is 1. The molecule has 2 heterocycles. The highest BCUT2D eigenvalue weighted by molar-refractivity contribution is 8.00. The summed E-state index contributed by atoms with van der Waals surface area (Å²) in [7, 11) is 0. The quantitative estimate of drug-likeness (QED) is 0.264. The van der Waals surface area contributed by atoms with Crippen LogP contribution >= 0.6 is 23.1 Å². The van der Waals surface area contributed by atoms with Gasteiger partial charge in [0, 0.05) is 16.3 Å². The van der Waals surface area contributed by atoms with E-state index in [-0.39, 0.29) is 16.3 Å². The fourth-order valence-corrected chi connectivity index (χ4v) is 4.75. The fourth-order valence-electron chi connectivity index (χ4n) is 2.93. The molecule has 10 heteroatoms. The molecule has 0 aliphatic rings. The lowest BCUT2D eigenvalue weighted by atomic mass is 10.1. The van der Waals surface area contributed by atoms with Gasteiger partial charge in [-0.25, -0.2) is 15.0 Å². The molecule has 2 aromatic carbocycles. The molecule has 0 spiro atoms. The third kappa shape index (κ3) is 4.64. The lowest BCUT2D eigenvalue weighted by Gasteiger charge is -2.10. The first-order chi connectivity index (χ1) is 15.4. The molecule has 1 atom stereocenters. The van der Waals surface area contributed by atoms with Crippen LogP contribution in [0.5, 0.6) is 0 Å². The van der Waals surface area contributed by atoms with Gasteiger partial charge in [-0.15, -0.1) is 11.3 Å². The highest BCUT2D eigenvalue weighted by Crippen LogP contribution is 2.33. The Hall–Kier alpha value is -3.29. The zero-order valence-corrected chi connectivity index (χ0v) is 17.8. The normalized spacial score (nSPS) is 12.4. The highest BCUT2D eigenvalue weighted by atomic mass is 32.2. The van der Waals surface area contributed by atoms with Crippen molar-refractivity contribution in [3.63, 3.8) is 0 Å². The van der Waals surface area contributed by atoms with Gasteiger partial charge in [-0.3, -0.25) is 4.79 Å². The summed E-state index contributed by atoms with van der Waals surface area (Å²) in [4.78, 5) is 24.4. The van der Waals surface area contributed by atoms with Gasteiger partial charge in [0.05, 0.1) is 23.0 Å². The summed E-state index contributed by atoms with van der Waals surface area (Å²) in [5, 5.41) is 12.1. The number of hydrogen-bond acceptors (Lipinski definition) is 7. The first kappa shape index (κ1) is 21.9. The van der Waals surface area contributed by atoms with E-state index in [0.717, 1.165) is 17.3 Å². The lowest BCUT2D eigenvalue weighted by Crippen LogP contribution is -2.14. The number of carbonyl (C=O) groups excluding carboxylic acids is 1. The molecule has 0 N–H and O–H groups in total. The zero-order chi connectivity index (χ0) is 22.7. The van der Waals surface area contributed by atoms with E-state index in [9.17, 15) is 23.2 Å². The molecule has 0 saturated heterocycles. The van der Waals surface area contributed by atoms with E-state index in [4.69, 9.17) is 0 Å². The van der Waals surface area contributed by atoms with Crippen molar-refractivity contribution in [2.75, 3.05) is 5.75 Å². The Morgan fingerprint density at radius 2 is 1.78 bits per heavy atom. The van der Waals surface area contributed by atoms with E-state index >= 15 is 0 Å². The van der Waals surface area contributed by atoms with E-state index in [1.165, 1.54) is 17.4 Å². The van der Waals surface area contributed by atoms with Gasteiger partial charge in [0.15, 0.2) is 11.7 Å². The predicted molar refractivity (Wildman–Crippen MR) is 116 cm³/mol. The molecule has 32 heavy (non-hydrogen) atoms. The van der Waals surface area contributed by atoms with Crippen molar-refractivity contribution in [1.82, 2.24) is 15.0 Å². The van der Waals surface area contributed by atoms with Gasteiger partial charge in [0.2, 0.25) is 5.82 Å². The molecule has 2 aromatic heterocycles. The number of nitrogens with zero attached hydrogens (tertiary/aromatic N) is 4. The molecule has 4 aromatic rings. The zero-order valence-electron chi connectivity index (χ0n) is 16.2. The molecule has 0 bridgehead atoms. The van der Waals surface area contributed by atoms with Crippen LogP contribution in [-0.2, 0) is 11.0 Å². The van der Waals surface area contributed by atoms with E-state index < -0.39 is 23.7 Å². The Morgan fingerprint density at radius 3 is 2.50 bits per heavy atom. The molecule has 4 rings (SSSR count). The molecule has 5 nitrogen and oxygen atoms in total. The first-order valence-corrected chi connectivity index (χ1v) is 11.1. The maximum Gasteiger partial charge on any atom is 0.451 e. The number of carbonyl (C=O) groups is 1. The minimum absolute atomic E-state index is 0.0390. The van der Waals surface area contributed by atoms with E-state index in [0.29, 0.717) is 16.1 Å². The predicted octanol–water partition coefficient (Wildman–Crippen LogP) is 5.74. The second-order valence-electron chi connectivity index (χ2n) is 6.62. The maximum absolute atomic E-state index is 13.2. The maximum atomic E-state index is 13.2. The van der Waals surface area contributed by atoms with Crippen LogP contribution in [0.3, 0.4) is 0 Å². The third-order valence-electron chi connectivity index (χ3n) is 4.46. The monoisotopic (exact) mass is 470 g/mol. The minimum Gasteiger partial charge on any atom is -0.297 e. The molecule has 0 fully saturated rings. The average Bonchev–Trinajstić information content (AvgIpc) is 3.27. The Morgan fingerprint density at radius 1 is 1.06 bits per heavy atom. The van der Waals surface area contributed by atoms with Crippen molar-refractivity contribution in [2.45, 2.75) is 17.1 Å². The Bertz CT molecular complexity index is 1320. The highest BCUT2D eigenvalue weighted by Gasteiger charge is 2.35. The van der Waals surface area contributed by atoms with Crippen molar-refractivity contribution in [3.05, 3.63) is 70.8 Å². The molecule has 0 saturated carbocycles. The molecule has 0 aliphatic carbocycles. The fraction of sp³-hybridized carbons (Fsp3) is 0.136. The summed E-state index contributed by atoms with van der Waals surface area (Å²) in [5.74, 6) is -3.06. The number of nitriles is 1. The standard InChI is InChI=1S/C22H13F3N4OS2/c23-22(24,25)21-28-16-9-5-4-8-14(16)19(29-21)32-12-18(30)15(10-26)20-27-17(11-31-20)13-6-2-1-3-7-13/h1-9,11,15H,12H2. The van der Waals surface area contributed by atoms with Crippen LogP contribution < -0.4 is 0 Å². The van der Waals surface area contributed by atoms with Crippen LogP contribution in [0.4, 0.5) is 13.2 Å². The van der Waals surface area contributed by atoms with E-state index in [2.05, 4.69) is 15.0 Å². The van der Waals surface area contributed by atoms with Gasteiger partial charge in [0.25, 0.3) is 0 Å². The van der Waals surface area contributed by atoms with Gasteiger partial charge < -0.3 is 0 Å². The molecule has 0 radical (unpaired) electrons. The van der Waals surface area contributed by atoms with Gasteiger partial charge in [-0.1, -0.05) is 60.3 Å². The van der Waals surface area contributed by atoms with E-state index in [1.54, 1.807) is 23.6 Å². The third-order valence-corrected chi connectivity index (χ3v) is 6.39. The van der Waals surface area contributed by atoms with Crippen LogP contribution in [-0.4, -0.2) is 26.5 Å². The number of thioether (sulfide) groups is 1. The summed E-state index contributed by atoms with van der Waals surface area (Å²) >= 11 is 2.05. The van der Waals surface area contributed by atoms with Crippen molar-refractivity contribution in [2.24, 2.45) is 0 Å². The topological polar surface area (TPSA) is 79.5 Å². The van der Waals surface area contributed by atoms with Crippen LogP contribution in [0, 0.1) is 11.3 Å². The number of thiazole rings is 1. The number of rotatable bonds is 6. The molecule has 0 aliphatic heterocycles. The molecule has 1 unspecified atom stereocenters. The summed E-state index contributed by atoms with van der Waals surface area (Å²) < 4.78 is 39.6. The Kier molecular flexibility index (Phi) is 6.21. The van der Waals surface area contributed by atoms with Crippen molar-refractivity contribution < 1.29 is 18.0 Å². The summed E-state index contributed by atoms with van der Waals surface area (Å²) in [6, 6.07) is 17.6. The van der Waals surface area contributed by atoms with Crippen molar-refractivity contribution in [3.8, 4) is 17.3 Å². The van der Waals surface area contributed by atoms with Crippen LogP contribution in [0.2, 0.25) is 0 Å². The molecule has 160 valence electrons. The number of fused-ring (bicyclic) bond motifs is 1. The lowest BCUT2D eigenvalue weighted by molar-refractivity contribution is -0.145. The number of halogens is 3. The molecule has 0 amide bonds. The molecular formula is C22H13F3N4OS2. The average molecular weight is 471 g/mol. The SMILES string of the molecule is N#CC(C(=O)CSc1nc(C(F)(F)F)nc2ccccc12)c1nc(-c2ccccc2)cs1. The second-order valence-corrected chi connectivity index (χ2v) is 8.48. The molecular weight excluding hydrogens is 457 g/mol. The number of para-hydroxylation sites is 1. The van der Waals surface area contributed by atoms with Crippen LogP contribution in [0.15, 0.2) is 65.0 Å². The van der Waals surface area contributed by atoms with Gasteiger partial charge in [-0.05, 0) is 6.07 Å². The Balaban J connectivity index is 1.56. The number of benzene rings is 2. The van der Waals surface area contributed by atoms with Crippen molar-refractivity contribution in [1.29, 1.82) is 5.26 Å². The minimum atomic E-state index is -4.72. The van der Waals surface area contributed by atoms with Crippen LogP contribution in [0.1, 0.15) is 16.7 Å². The van der Waals surface area contributed by atoms with Crippen molar-refractivity contribution >= 4 is 39.8 Å².